The van der Waals surface area contributed by atoms with Crippen LogP contribution >= 0.6 is 0 Å². The second-order valence-corrected chi connectivity index (χ2v) is 11.7. The fourth-order valence-corrected chi connectivity index (χ4v) is 8.62. The summed E-state index contributed by atoms with van der Waals surface area (Å²) in [7, 11) is 0. The third-order valence-electron chi connectivity index (χ3n) is 9.96. The first-order valence-electron chi connectivity index (χ1n) is 14.6. The molecule has 0 spiro atoms. The van der Waals surface area contributed by atoms with Crippen LogP contribution in [-0.2, 0) is 5.67 Å². The number of nitrogens with zero attached hydrogens (tertiary/aromatic N) is 2. The van der Waals surface area contributed by atoms with Gasteiger partial charge in [-0.25, -0.2) is 8.78 Å². The highest BCUT2D eigenvalue weighted by atomic mass is 19.2. The summed E-state index contributed by atoms with van der Waals surface area (Å²) in [5.41, 5.74) is 6.68. The van der Waals surface area contributed by atoms with Crippen molar-refractivity contribution in [3.8, 4) is 0 Å². The van der Waals surface area contributed by atoms with Crippen LogP contribution in [0.2, 0.25) is 0 Å². The third kappa shape index (κ3) is 2.03. The Bertz CT molecular complexity index is 1500. The first kappa shape index (κ1) is 18.4. The Morgan fingerprint density at radius 2 is 1.67 bits per heavy atom. The monoisotopic (exact) mass is 480 g/mol. The number of fused-ring (bicyclic) bond motifs is 10. The minimum Gasteiger partial charge on any atom is -0.338 e. The molecule has 4 aliphatic heterocycles. The number of benzene rings is 3. The Hall–Kier alpha value is -2.82. The standard InChI is InChI=1S/C31H29BF2N2/c1-18-16-25-27-26(17-18)36-29-21(30(33)14-4-5-15-31(30,36)34)10-7-12-23(29)32(27)22-11-6-9-20-19-8-2-3-13-24(19)35(25)28(20)22/h6-7,9-12,16-17,19,24H,2-5,8,13-15H2,1H3/i19D,24D. The van der Waals surface area contributed by atoms with Crippen LogP contribution in [0.25, 0.3) is 0 Å². The largest absolute Gasteiger partial charge is 0.338 e. The molecule has 36 heavy (non-hydrogen) atoms. The van der Waals surface area contributed by atoms with Crippen molar-refractivity contribution >= 4 is 45.9 Å². The number of hydrogen-bond acceptors (Lipinski definition) is 2. The van der Waals surface area contributed by atoms with E-state index in [0.29, 0.717) is 36.9 Å². The molecular weight excluding hydrogens is 449 g/mol. The lowest BCUT2D eigenvalue weighted by Crippen LogP contribution is -2.64. The molecule has 6 aliphatic rings. The number of halogens is 2. The van der Waals surface area contributed by atoms with Gasteiger partial charge in [-0.1, -0.05) is 49.2 Å². The molecule has 4 heterocycles. The lowest BCUT2D eigenvalue weighted by molar-refractivity contribution is -0.0615. The van der Waals surface area contributed by atoms with Crippen LogP contribution in [0.1, 0.15) is 76.7 Å². The molecule has 0 saturated heterocycles. The molecule has 0 bridgehead atoms. The summed E-state index contributed by atoms with van der Waals surface area (Å²) >= 11 is 0. The fraction of sp³-hybridized carbons (Fsp3) is 0.419. The highest BCUT2D eigenvalue weighted by molar-refractivity contribution is 7.00. The minimum atomic E-state index is -2.13. The van der Waals surface area contributed by atoms with Crippen molar-refractivity contribution in [2.45, 2.75) is 81.7 Å². The summed E-state index contributed by atoms with van der Waals surface area (Å²) in [6.07, 6.45) is 4.83. The van der Waals surface area contributed by atoms with Gasteiger partial charge in [-0.2, -0.15) is 0 Å². The minimum absolute atomic E-state index is 0.160. The molecule has 3 aromatic rings. The average molecular weight is 480 g/mol. The molecule has 4 atom stereocenters. The van der Waals surface area contributed by atoms with E-state index in [9.17, 15) is 2.74 Å². The van der Waals surface area contributed by atoms with Crippen molar-refractivity contribution < 1.29 is 11.5 Å². The zero-order chi connectivity index (χ0) is 25.8. The summed E-state index contributed by atoms with van der Waals surface area (Å²) in [5.74, 6) is -3.16. The van der Waals surface area contributed by atoms with Crippen molar-refractivity contribution in [1.82, 2.24) is 0 Å². The van der Waals surface area contributed by atoms with Crippen molar-refractivity contribution in [3.63, 3.8) is 0 Å². The van der Waals surface area contributed by atoms with Gasteiger partial charge in [0.2, 0.25) is 5.79 Å². The smallest absolute Gasteiger partial charge is 0.252 e. The van der Waals surface area contributed by atoms with E-state index in [-0.39, 0.29) is 19.6 Å². The number of alkyl halides is 2. The maximum atomic E-state index is 17.4. The first-order valence-corrected chi connectivity index (χ1v) is 13.6. The summed E-state index contributed by atoms with van der Waals surface area (Å²) in [5, 5.41) is 0. The third-order valence-corrected chi connectivity index (χ3v) is 9.96. The summed E-state index contributed by atoms with van der Waals surface area (Å²) < 4.78 is 54.0. The van der Waals surface area contributed by atoms with Crippen molar-refractivity contribution in [2.75, 3.05) is 9.80 Å². The van der Waals surface area contributed by atoms with E-state index < -0.39 is 23.4 Å². The Kier molecular flexibility index (Phi) is 3.25. The normalized spacial score (nSPS) is 36.9. The molecule has 4 unspecified atom stereocenters. The molecule has 5 heteroatoms. The quantitative estimate of drug-likeness (QED) is 0.293. The van der Waals surface area contributed by atoms with Crippen LogP contribution in [0.4, 0.5) is 31.5 Å². The van der Waals surface area contributed by atoms with Gasteiger partial charge in [0.05, 0.1) is 1.37 Å². The van der Waals surface area contributed by atoms with E-state index >= 15 is 8.78 Å². The molecule has 2 aliphatic carbocycles. The van der Waals surface area contributed by atoms with Crippen LogP contribution in [-0.4, -0.2) is 18.5 Å². The second-order valence-electron chi connectivity index (χ2n) is 11.7. The van der Waals surface area contributed by atoms with Crippen LogP contribution in [0, 0.1) is 6.92 Å². The first-order chi connectivity index (χ1) is 18.2. The molecule has 2 saturated carbocycles. The van der Waals surface area contributed by atoms with E-state index in [2.05, 4.69) is 23.1 Å². The summed E-state index contributed by atoms with van der Waals surface area (Å²) in [6.45, 7) is 1.83. The van der Waals surface area contributed by atoms with Crippen molar-refractivity contribution in [2.24, 2.45) is 0 Å². The molecular formula is C31H29BF2N2. The van der Waals surface area contributed by atoms with Gasteiger partial charge < -0.3 is 9.80 Å². The number of hydrogen-bond donors (Lipinski definition) is 0. The number of anilines is 4. The highest BCUT2D eigenvalue weighted by Crippen LogP contribution is 2.63. The van der Waals surface area contributed by atoms with E-state index in [1.807, 2.05) is 31.2 Å². The molecule has 0 amide bonds. The van der Waals surface area contributed by atoms with Crippen LogP contribution in [0.15, 0.2) is 48.5 Å². The van der Waals surface area contributed by atoms with Crippen molar-refractivity contribution in [1.29, 1.82) is 0 Å². The fourth-order valence-electron chi connectivity index (χ4n) is 8.62. The lowest BCUT2D eigenvalue weighted by Gasteiger charge is -2.48. The molecule has 0 aromatic heterocycles. The molecule has 2 fully saturated rings. The number of para-hydroxylation sites is 2. The highest BCUT2D eigenvalue weighted by Gasteiger charge is 2.68. The molecule has 9 rings (SSSR count). The van der Waals surface area contributed by atoms with Crippen LogP contribution in [0.5, 0.6) is 0 Å². The molecule has 2 nitrogen and oxygen atoms in total. The predicted molar refractivity (Wildman–Crippen MR) is 143 cm³/mol. The van der Waals surface area contributed by atoms with Gasteiger partial charge in [0, 0.05) is 48.0 Å². The van der Waals surface area contributed by atoms with Gasteiger partial charge in [0.15, 0.2) is 5.67 Å². The molecule has 0 radical (unpaired) electrons. The van der Waals surface area contributed by atoms with Gasteiger partial charge in [-0.05, 0) is 78.7 Å². The van der Waals surface area contributed by atoms with Crippen LogP contribution in [0.3, 0.4) is 0 Å². The summed E-state index contributed by atoms with van der Waals surface area (Å²) in [6, 6.07) is 15.0. The topological polar surface area (TPSA) is 6.48 Å². The van der Waals surface area contributed by atoms with E-state index in [0.717, 1.165) is 57.4 Å². The van der Waals surface area contributed by atoms with Gasteiger partial charge in [0.25, 0.3) is 6.71 Å². The Balaban J connectivity index is 1.43. The van der Waals surface area contributed by atoms with Gasteiger partial charge in [0.1, 0.15) is 0 Å². The maximum absolute atomic E-state index is 17.4. The van der Waals surface area contributed by atoms with Crippen LogP contribution < -0.4 is 26.2 Å². The van der Waals surface area contributed by atoms with Gasteiger partial charge in [-0.3, -0.25) is 0 Å². The second kappa shape index (κ2) is 6.35. The Morgan fingerprint density at radius 1 is 0.917 bits per heavy atom. The van der Waals surface area contributed by atoms with Crippen molar-refractivity contribution in [3.05, 3.63) is 65.2 Å². The SMILES string of the molecule is [2H]C12CCCCC1([2H])N1c3cc(C)cc4c3B(c3cccc2c31)c1cccc2c1N4C1(F)CCCCC21F. The molecule has 3 aromatic carbocycles. The Morgan fingerprint density at radius 3 is 2.56 bits per heavy atom. The Labute approximate surface area is 214 Å². The molecule has 180 valence electrons. The maximum Gasteiger partial charge on any atom is 0.252 e. The number of aryl methyl sites for hydroxylation is 1. The predicted octanol–water partition coefficient (Wildman–Crippen LogP) is 5.87. The van der Waals surface area contributed by atoms with Gasteiger partial charge >= 0.3 is 0 Å². The number of rotatable bonds is 0. The van der Waals surface area contributed by atoms with E-state index in [1.165, 1.54) is 0 Å². The van der Waals surface area contributed by atoms with Gasteiger partial charge in [-0.15, -0.1) is 0 Å². The molecule has 0 N–H and O–H groups in total. The lowest BCUT2D eigenvalue weighted by atomic mass is 9.33. The average Bonchev–Trinajstić information content (AvgIpc) is 3.25. The zero-order valence-electron chi connectivity index (χ0n) is 22.5. The summed E-state index contributed by atoms with van der Waals surface area (Å²) in [4.78, 5) is 3.85. The zero-order valence-corrected chi connectivity index (χ0v) is 20.5. The van der Waals surface area contributed by atoms with E-state index in [4.69, 9.17) is 0 Å². The van der Waals surface area contributed by atoms with E-state index in [1.54, 1.807) is 11.0 Å².